The van der Waals surface area contributed by atoms with Crippen molar-refractivity contribution in [2.45, 2.75) is 44.5 Å². The Kier molecular flexibility index (Phi) is 8.73. The topological polar surface area (TPSA) is 44.4 Å². The molecular formula is C18H30FN3OS. The molecule has 1 aromatic rings. The Labute approximate surface area is 149 Å². The molecule has 24 heavy (non-hydrogen) atoms. The lowest BCUT2D eigenvalue weighted by atomic mass is 9.98. The first-order valence-electron chi connectivity index (χ1n) is 8.33. The van der Waals surface area contributed by atoms with E-state index in [-0.39, 0.29) is 12.5 Å². The smallest absolute Gasteiger partial charge is 0.224 e. The van der Waals surface area contributed by atoms with Crippen LogP contribution in [0.3, 0.4) is 0 Å². The third-order valence-corrected chi connectivity index (χ3v) is 4.29. The predicted molar refractivity (Wildman–Crippen MR) is 102 cm³/mol. The fourth-order valence-corrected chi connectivity index (χ4v) is 2.81. The molecule has 1 aromatic carbocycles. The summed E-state index contributed by atoms with van der Waals surface area (Å²) in [6.45, 7) is 6.81. The Balaban J connectivity index is 2.50. The third kappa shape index (κ3) is 8.13. The van der Waals surface area contributed by atoms with Gasteiger partial charge in [-0.25, -0.2) is 4.39 Å². The largest absolute Gasteiger partial charge is 0.326 e. The number of nitrogens with one attached hydrogen (secondary N) is 2. The Morgan fingerprint density at radius 2 is 1.92 bits per heavy atom. The Morgan fingerprint density at radius 3 is 2.46 bits per heavy atom. The summed E-state index contributed by atoms with van der Waals surface area (Å²) in [5.41, 5.74) is -0.144. The van der Waals surface area contributed by atoms with Gasteiger partial charge in [-0.3, -0.25) is 9.52 Å². The number of carbonyl (C=O) groups is 1. The minimum Gasteiger partial charge on any atom is -0.326 e. The van der Waals surface area contributed by atoms with Crippen LogP contribution in [0.5, 0.6) is 0 Å². The summed E-state index contributed by atoms with van der Waals surface area (Å²) in [4.78, 5) is 13.9. The quantitative estimate of drug-likeness (QED) is 0.627. The highest BCUT2D eigenvalue weighted by Gasteiger charge is 2.25. The van der Waals surface area contributed by atoms with Gasteiger partial charge in [0, 0.05) is 23.9 Å². The second kappa shape index (κ2) is 10.0. The molecule has 4 nitrogen and oxygen atoms in total. The van der Waals surface area contributed by atoms with Crippen molar-refractivity contribution in [1.82, 2.24) is 9.62 Å². The van der Waals surface area contributed by atoms with Gasteiger partial charge < -0.3 is 10.2 Å². The molecule has 136 valence electrons. The number of hydrogen-bond donors (Lipinski definition) is 2. The lowest BCUT2D eigenvalue weighted by Crippen LogP contribution is -2.29. The predicted octanol–water partition coefficient (Wildman–Crippen LogP) is 3.80. The summed E-state index contributed by atoms with van der Waals surface area (Å²) in [5, 5.41) is 3.26. The zero-order valence-electron chi connectivity index (χ0n) is 15.4. The maximum absolute atomic E-state index is 14.7. The van der Waals surface area contributed by atoms with Crippen molar-refractivity contribution in [3.63, 3.8) is 0 Å². The van der Waals surface area contributed by atoms with Crippen LogP contribution in [-0.4, -0.2) is 43.2 Å². The molecular weight excluding hydrogens is 325 g/mol. The van der Waals surface area contributed by atoms with Crippen LogP contribution in [0.4, 0.5) is 10.1 Å². The molecule has 1 amide bonds. The number of carbonyl (C=O) groups excluding carboxylic acids is 1. The molecule has 0 saturated heterocycles. The molecule has 0 spiro atoms. The number of nitrogens with zero attached hydrogens (tertiary/aromatic N) is 1. The molecule has 1 unspecified atom stereocenters. The summed E-state index contributed by atoms with van der Waals surface area (Å²) in [6.07, 6.45) is 1.30. The molecule has 6 heteroatoms. The van der Waals surface area contributed by atoms with Crippen molar-refractivity contribution < 1.29 is 9.18 Å². The molecule has 1 rings (SSSR count). The first-order valence-corrected chi connectivity index (χ1v) is 9.21. The van der Waals surface area contributed by atoms with E-state index in [1.54, 1.807) is 31.2 Å². The molecule has 0 radical (unpaired) electrons. The number of rotatable bonds is 10. The molecule has 0 aliphatic rings. The Morgan fingerprint density at radius 1 is 1.29 bits per heavy atom. The Bertz CT molecular complexity index is 503. The summed E-state index contributed by atoms with van der Waals surface area (Å²) in [7, 11) is 3.97. The van der Waals surface area contributed by atoms with E-state index >= 15 is 0 Å². The van der Waals surface area contributed by atoms with Crippen molar-refractivity contribution in [3.05, 3.63) is 29.8 Å². The van der Waals surface area contributed by atoms with E-state index in [1.807, 2.05) is 14.1 Å². The van der Waals surface area contributed by atoms with E-state index in [2.05, 4.69) is 28.8 Å². The van der Waals surface area contributed by atoms with Gasteiger partial charge in [-0.1, -0.05) is 37.9 Å². The van der Waals surface area contributed by atoms with Gasteiger partial charge in [0.25, 0.3) is 0 Å². The van der Waals surface area contributed by atoms with E-state index in [4.69, 9.17) is 0 Å². The number of halogens is 1. The average Bonchev–Trinajstić information content (AvgIpc) is 2.46. The van der Waals surface area contributed by atoms with Crippen LogP contribution in [0.15, 0.2) is 24.3 Å². The standard InChI is InChI=1S/C18H30FN3OS/c1-14(2)24-20-13-18(3,19)15-8-10-16(11-9-15)21-17(23)7-6-12-22(4)5/h8-11,14,20H,6-7,12-13H2,1-5H3,(H,21,23). The Hall–Kier alpha value is -1.11. The molecule has 0 fully saturated rings. The van der Waals surface area contributed by atoms with Crippen molar-refractivity contribution in [2.75, 3.05) is 32.5 Å². The number of benzene rings is 1. The average molecular weight is 356 g/mol. The molecule has 0 saturated carbocycles. The van der Waals surface area contributed by atoms with Gasteiger partial charge in [-0.15, -0.1) is 0 Å². The van der Waals surface area contributed by atoms with Crippen molar-refractivity contribution in [2.24, 2.45) is 0 Å². The highest BCUT2D eigenvalue weighted by molar-refractivity contribution is 7.97. The van der Waals surface area contributed by atoms with E-state index in [9.17, 15) is 9.18 Å². The van der Waals surface area contributed by atoms with Crippen LogP contribution in [0, 0.1) is 0 Å². The molecule has 0 aromatic heterocycles. The highest BCUT2D eigenvalue weighted by Crippen LogP contribution is 2.27. The van der Waals surface area contributed by atoms with Gasteiger partial charge >= 0.3 is 0 Å². The van der Waals surface area contributed by atoms with Gasteiger partial charge in [-0.05, 0) is 51.7 Å². The van der Waals surface area contributed by atoms with Gasteiger partial charge in [-0.2, -0.15) is 0 Å². The second-order valence-corrected chi connectivity index (χ2v) is 8.18. The van der Waals surface area contributed by atoms with E-state index in [0.29, 0.717) is 22.9 Å². The molecule has 2 N–H and O–H groups in total. The first kappa shape index (κ1) is 20.9. The SMILES string of the molecule is CC(C)SNCC(C)(F)c1ccc(NC(=O)CCCN(C)C)cc1. The normalized spacial score (nSPS) is 14.0. The van der Waals surface area contributed by atoms with Crippen LogP contribution >= 0.6 is 11.9 Å². The second-order valence-electron chi connectivity index (χ2n) is 6.72. The number of alkyl halides is 1. The third-order valence-electron chi connectivity index (χ3n) is 3.50. The summed E-state index contributed by atoms with van der Waals surface area (Å²) in [5.74, 6) is -0.0115. The molecule has 0 aliphatic heterocycles. The first-order chi connectivity index (χ1) is 11.2. The van der Waals surface area contributed by atoms with Gasteiger partial charge in [0.05, 0.1) is 0 Å². The van der Waals surface area contributed by atoms with Gasteiger partial charge in [0.2, 0.25) is 5.91 Å². The summed E-state index contributed by atoms with van der Waals surface area (Å²) < 4.78 is 17.8. The minimum absolute atomic E-state index is 0.0115. The van der Waals surface area contributed by atoms with Crippen LogP contribution < -0.4 is 10.0 Å². The van der Waals surface area contributed by atoms with Crippen molar-refractivity contribution in [1.29, 1.82) is 0 Å². The molecule has 1 atom stereocenters. The van der Waals surface area contributed by atoms with E-state index in [0.717, 1.165) is 13.0 Å². The maximum atomic E-state index is 14.7. The summed E-state index contributed by atoms with van der Waals surface area (Å²) >= 11 is 1.52. The maximum Gasteiger partial charge on any atom is 0.224 e. The minimum atomic E-state index is -1.45. The zero-order chi connectivity index (χ0) is 18.2. The molecule has 0 aliphatic carbocycles. The monoisotopic (exact) mass is 355 g/mol. The molecule has 0 bridgehead atoms. The molecule has 0 heterocycles. The summed E-state index contributed by atoms with van der Waals surface area (Å²) in [6, 6.07) is 6.98. The van der Waals surface area contributed by atoms with Crippen LogP contribution in [-0.2, 0) is 10.5 Å². The van der Waals surface area contributed by atoms with Crippen LogP contribution in [0.1, 0.15) is 39.2 Å². The van der Waals surface area contributed by atoms with E-state index in [1.165, 1.54) is 11.9 Å². The van der Waals surface area contributed by atoms with Crippen LogP contribution in [0.2, 0.25) is 0 Å². The van der Waals surface area contributed by atoms with Crippen molar-refractivity contribution in [3.8, 4) is 0 Å². The lowest BCUT2D eigenvalue weighted by molar-refractivity contribution is -0.116. The van der Waals surface area contributed by atoms with E-state index < -0.39 is 5.67 Å². The number of hydrogen-bond acceptors (Lipinski definition) is 4. The fraction of sp³-hybridized carbons (Fsp3) is 0.611. The van der Waals surface area contributed by atoms with Gasteiger partial charge in [0.15, 0.2) is 0 Å². The number of amides is 1. The highest BCUT2D eigenvalue weighted by atomic mass is 32.2. The van der Waals surface area contributed by atoms with Crippen molar-refractivity contribution >= 4 is 23.5 Å². The number of anilines is 1. The fourth-order valence-electron chi connectivity index (χ4n) is 2.13. The lowest BCUT2D eigenvalue weighted by Gasteiger charge is -2.22. The zero-order valence-corrected chi connectivity index (χ0v) is 16.2. The van der Waals surface area contributed by atoms with Gasteiger partial charge in [0.1, 0.15) is 5.67 Å². The van der Waals surface area contributed by atoms with Crippen LogP contribution in [0.25, 0.3) is 0 Å².